The number of ether oxygens (including phenoxy) is 2. The van der Waals surface area contributed by atoms with Gasteiger partial charge < -0.3 is 45.4 Å². The van der Waals surface area contributed by atoms with E-state index in [1.165, 1.54) is 116 Å². The van der Waals surface area contributed by atoms with Gasteiger partial charge in [0.2, 0.25) is 5.91 Å². The summed E-state index contributed by atoms with van der Waals surface area (Å²) in [4.78, 5) is 13.0. The van der Waals surface area contributed by atoms with E-state index in [2.05, 4.69) is 43.5 Å². The quantitative estimate of drug-likeness (QED) is 0.0239. The first kappa shape index (κ1) is 53.4. The lowest BCUT2D eigenvalue weighted by molar-refractivity contribution is -0.302. The standard InChI is InChI=1S/C47H87NO9/c1-3-5-7-9-11-13-15-17-19-20-22-24-26-28-30-32-34-36-41(51)46(55)48-39(38-56-47-45(54)44(53)43(52)42(37-49)57-47)40(50)35-33-31-29-27-25-23-21-18-16-14-12-10-8-6-4-2/h16,18,25,27,33,35,39-45,47,49-54H,3-15,17,19-24,26,28-32,34,36-38H2,1-2H3,(H,48,55)/b18-16+,27-25+,35-33+. The van der Waals surface area contributed by atoms with Crippen LogP contribution in [0.25, 0.3) is 0 Å². The molecule has 1 heterocycles. The number of rotatable bonds is 38. The van der Waals surface area contributed by atoms with Crippen molar-refractivity contribution < 1.29 is 44.9 Å². The summed E-state index contributed by atoms with van der Waals surface area (Å²) in [7, 11) is 0. The molecule has 0 aliphatic carbocycles. The maximum atomic E-state index is 13.0. The van der Waals surface area contributed by atoms with Gasteiger partial charge >= 0.3 is 0 Å². The minimum Gasteiger partial charge on any atom is -0.394 e. The second-order valence-electron chi connectivity index (χ2n) is 16.3. The van der Waals surface area contributed by atoms with Gasteiger partial charge in [0.1, 0.15) is 30.5 Å². The van der Waals surface area contributed by atoms with E-state index in [-0.39, 0.29) is 6.61 Å². The summed E-state index contributed by atoms with van der Waals surface area (Å²) >= 11 is 0. The fourth-order valence-corrected chi connectivity index (χ4v) is 7.19. The van der Waals surface area contributed by atoms with Gasteiger partial charge in [-0.1, -0.05) is 185 Å². The van der Waals surface area contributed by atoms with Crippen molar-refractivity contribution in [3.05, 3.63) is 36.5 Å². The molecule has 1 fully saturated rings. The number of unbranched alkanes of at least 4 members (excludes halogenated alkanes) is 23. The molecule has 10 heteroatoms. The summed E-state index contributed by atoms with van der Waals surface area (Å²) in [5.41, 5.74) is 0. The zero-order chi connectivity index (χ0) is 41.8. The molecule has 0 aromatic rings. The molecular formula is C47H87NO9. The number of aliphatic hydroxyl groups excluding tert-OH is 6. The number of aliphatic hydroxyl groups is 6. The van der Waals surface area contributed by atoms with Crippen LogP contribution in [0.2, 0.25) is 0 Å². The van der Waals surface area contributed by atoms with Gasteiger partial charge in [-0.15, -0.1) is 0 Å². The Morgan fingerprint density at radius 2 is 1.04 bits per heavy atom. The van der Waals surface area contributed by atoms with Crippen LogP contribution in [0.3, 0.4) is 0 Å². The molecule has 1 rings (SSSR count). The highest BCUT2D eigenvalue weighted by atomic mass is 16.7. The van der Waals surface area contributed by atoms with Gasteiger partial charge in [-0.05, 0) is 44.9 Å². The van der Waals surface area contributed by atoms with Gasteiger partial charge in [0.15, 0.2) is 6.29 Å². The Balaban J connectivity index is 2.44. The molecule has 10 nitrogen and oxygen atoms in total. The lowest BCUT2D eigenvalue weighted by atomic mass is 9.99. The Morgan fingerprint density at radius 1 is 0.596 bits per heavy atom. The van der Waals surface area contributed by atoms with Crippen LogP contribution in [0.5, 0.6) is 0 Å². The molecular weight excluding hydrogens is 723 g/mol. The predicted molar refractivity (Wildman–Crippen MR) is 232 cm³/mol. The number of hydrogen-bond acceptors (Lipinski definition) is 9. The zero-order valence-corrected chi connectivity index (χ0v) is 36.2. The number of carbonyl (C=O) groups excluding carboxylic acids is 1. The second-order valence-corrected chi connectivity index (χ2v) is 16.3. The zero-order valence-electron chi connectivity index (χ0n) is 36.2. The van der Waals surface area contributed by atoms with Gasteiger partial charge in [0.05, 0.1) is 25.4 Å². The second kappa shape index (κ2) is 37.4. The van der Waals surface area contributed by atoms with Crippen LogP contribution >= 0.6 is 0 Å². The van der Waals surface area contributed by atoms with Crippen LogP contribution < -0.4 is 5.32 Å². The third kappa shape index (κ3) is 27.7. The Kier molecular flexibility index (Phi) is 35.0. The first-order valence-corrected chi connectivity index (χ1v) is 23.3. The maximum Gasteiger partial charge on any atom is 0.249 e. The number of hydrogen-bond donors (Lipinski definition) is 7. The topological polar surface area (TPSA) is 169 Å². The lowest BCUT2D eigenvalue weighted by Gasteiger charge is -2.40. The summed E-state index contributed by atoms with van der Waals surface area (Å²) in [6.07, 6.45) is 35.1. The van der Waals surface area contributed by atoms with E-state index in [9.17, 15) is 35.4 Å². The molecule has 0 bridgehead atoms. The number of nitrogens with one attached hydrogen (secondary N) is 1. The van der Waals surface area contributed by atoms with Crippen LogP contribution in [0.15, 0.2) is 36.5 Å². The van der Waals surface area contributed by atoms with Gasteiger partial charge in [-0.25, -0.2) is 0 Å². The van der Waals surface area contributed by atoms with E-state index in [4.69, 9.17) is 9.47 Å². The minimum absolute atomic E-state index is 0.303. The Hall–Kier alpha value is -1.63. The van der Waals surface area contributed by atoms with Gasteiger partial charge in [-0.2, -0.15) is 0 Å². The third-order valence-corrected chi connectivity index (χ3v) is 11.1. The summed E-state index contributed by atoms with van der Waals surface area (Å²) in [6, 6.07) is -1.000. The first-order valence-electron chi connectivity index (χ1n) is 23.3. The lowest BCUT2D eigenvalue weighted by Crippen LogP contribution is -2.60. The molecule has 0 radical (unpaired) electrons. The van der Waals surface area contributed by atoms with Crippen molar-refractivity contribution in [1.29, 1.82) is 0 Å². The third-order valence-electron chi connectivity index (χ3n) is 11.1. The first-order chi connectivity index (χ1) is 27.8. The summed E-state index contributed by atoms with van der Waals surface area (Å²) in [5, 5.41) is 64.6. The van der Waals surface area contributed by atoms with Crippen LogP contribution in [0, 0.1) is 0 Å². The van der Waals surface area contributed by atoms with E-state index in [0.29, 0.717) is 19.3 Å². The average Bonchev–Trinajstić information content (AvgIpc) is 3.21. The number of amides is 1. The summed E-state index contributed by atoms with van der Waals surface area (Å²) in [6.45, 7) is 3.57. The Morgan fingerprint density at radius 3 is 1.53 bits per heavy atom. The number of allylic oxidation sites excluding steroid dienone is 5. The molecule has 8 unspecified atom stereocenters. The molecule has 0 aromatic carbocycles. The van der Waals surface area contributed by atoms with Gasteiger partial charge in [0.25, 0.3) is 0 Å². The van der Waals surface area contributed by atoms with Crippen LogP contribution in [-0.2, 0) is 14.3 Å². The Labute approximate surface area is 347 Å². The highest BCUT2D eigenvalue weighted by molar-refractivity contribution is 5.80. The van der Waals surface area contributed by atoms with Gasteiger partial charge in [0, 0.05) is 0 Å². The molecule has 334 valence electrons. The average molecular weight is 810 g/mol. The predicted octanol–water partition coefficient (Wildman–Crippen LogP) is 8.64. The highest BCUT2D eigenvalue weighted by Crippen LogP contribution is 2.22. The fourth-order valence-electron chi connectivity index (χ4n) is 7.19. The van der Waals surface area contributed by atoms with Crippen molar-refractivity contribution in [2.75, 3.05) is 13.2 Å². The van der Waals surface area contributed by atoms with Crippen molar-refractivity contribution in [2.24, 2.45) is 0 Å². The molecule has 0 aromatic heterocycles. The maximum absolute atomic E-state index is 13.0. The normalized spacial score (nSPS) is 21.9. The molecule has 0 spiro atoms. The van der Waals surface area contributed by atoms with Crippen molar-refractivity contribution in [1.82, 2.24) is 5.32 Å². The van der Waals surface area contributed by atoms with Crippen molar-refractivity contribution >= 4 is 5.91 Å². The van der Waals surface area contributed by atoms with Gasteiger partial charge in [-0.3, -0.25) is 4.79 Å². The van der Waals surface area contributed by atoms with E-state index in [1.807, 2.05) is 6.08 Å². The Bertz CT molecular complexity index is 1010. The molecule has 1 amide bonds. The van der Waals surface area contributed by atoms with Crippen molar-refractivity contribution in [3.63, 3.8) is 0 Å². The van der Waals surface area contributed by atoms with E-state index in [0.717, 1.165) is 44.9 Å². The molecule has 7 N–H and O–H groups in total. The molecule has 1 aliphatic heterocycles. The van der Waals surface area contributed by atoms with E-state index < -0.39 is 61.5 Å². The molecule has 57 heavy (non-hydrogen) atoms. The monoisotopic (exact) mass is 810 g/mol. The minimum atomic E-state index is -1.62. The van der Waals surface area contributed by atoms with Crippen LogP contribution in [0.4, 0.5) is 0 Å². The highest BCUT2D eigenvalue weighted by Gasteiger charge is 2.44. The largest absolute Gasteiger partial charge is 0.394 e. The smallest absolute Gasteiger partial charge is 0.249 e. The van der Waals surface area contributed by atoms with E-state index in [1.54, 1.807) is 6.08 Å². The van der Waals surface area contributed by atoms with Crippen LogP contribution in [-0.4, -0.2) is 98.7 Å². The van der Waals surface area contributed by atoms with Crippen molar-refractivity contribution in [2.45, 2.75) is 243 Å². The molecule has 8 atom stereocenters. The van der Waals surface area contributed by atoms with Crippen molar-refractivity contribution in [3.8, 4) is 0 Å². The van der Waals surface area contributed by atoms with E-state index >= 15 is 0 Å². The number of carbonyl (C=O) groups is 1. The molecule has 1 aliphatic rings. The summed E-state index contributed by atoms with van der Waals surface area (Å²) in [5.74, 6) is -0.630. The SMILES string of the molecule is CCCCCCC/C=C/CC/C=C/CC/C=C/C(O)C(COC1OC(CO)C(O)C(O)C1O)NC(=O)C(O)CCCCCCCCCCCCCCCCCCC. The molecule has 1 saturated heterocycles. The molecule has 0 saturated carbocycles. The van der Waals surface area contributed by atoms with Crippen LogP contribution in [0.1, 0.15) is 194 Å². The summed E-state index contributed by atoms with van der Waals surface area (Å²) < 4.78 is 11.1. The fraction of sp³-hybridized carbons (Fsp3) is 0.851.